The molecule has 2 N–H and O–H groups in total. The second kappa shape index (κ2) is 3.46. The fourth-order valence-corrected chi connectivity index (χ4v) is 1.74. The molecule has 1 heterocycles. The summed E-state index contributed by atoms with van der Waals surface area (Å²) in [6, 6.07) is 7.36. The molecule has 2 aromatic rings. The summed E-state index contributed by atoms with van der Waals surface area (Å²) < 4.78 is 11.0. The van der Waals surface area contributed by atoms with E-state index in [0.29, 0.717) is 23.0 Å². The van der Waals surface area contributed by atoms with E-state index in [9.17, 15) is 10.2 Å². The third-order valence-electron chi connectivity index (χ3n) is 2.38. The van der Waals surface area contributed by atoms with Gasteiger partial charge in [-0.15, -0.1) is 0 Å². The van der Waals surface area contributed by atoms with Gasteiger partial charge in [0.25, 0.3) is 0 Å². The summed E-state index contributed by atoms with van der Waals surface area (Å²) in [4.78, 5) is 0. The number of fused-ring (bicyclic) bond motifs is 2. The zero-order valence-electron chi connectivity index (χ0n) is 8.48. The van der Waals surface area contributed by atoms with Crippen molar-refractivity contribution in [2.75, 3.05) is 0 Å². The SMILES string of the molecule is Oc1ccc2c(c1)Oc1cc(Cl)c(O)cc1O2. The average molecular weight is 251 g/mol. The standard InChI is InChI=1S/C12H7ClO4/c13-7-4-11-12(5-8(7)15)16-9-2-1-6(14)3-10(9)17-11/h1-5,14-15H. The van der Waals surface area contributed by atoms with Gasteiger partial charge in [0.05, 0.1) is 5.02 Å². The number of rotatable bonds is 0. The van der Waals surface area contributed by atoms with Gasteiger partial charge in [-0.05, 0) is 12.1 Å². The quantitative estimate of drug-likeness (QED) is 0.639. The molecule has 0 aliphatic carbocycles. The molecule has 0 spiro atoms. The van der Waals surface area contributed by atoms with Crippen molar-refractivity contribution in [1.29, 1.82) is 0 Å². The van der Waals surface area contributed by atoms with E-state index in [0.717, 1.165) is 0 Å². The van der Waals surface area contributed by atoms with Gasteiger partial charge in [-0.2, -0.15) is 0 Å². The van der Waals surface area contributed by atoms with E-state index in [2.05, 4.69) is 0 Å². The Balaban J connectivity index is 2.11. The average Bonchev–Trinajstić information content (AvgIpc) is 2.28. The first-order valence-corrected chi connectivity index (χ1v) is 5.22. The molecule has 0 amide bonds. The van der Waals surface area contributed by atoms with Crippen LogP contribution >= 0.6 is 11.6 Å². The van der Waals surface area contributed by atoms with Crippen molar-refractivity contribution < 1.29 is 19.7 Å². The number of hydrogen-bond donors (Lipinski definition) is 2. The van der Waals surface area contributed by atoms with Crippen LogP contribution in [0.5, 0.6) is 34.5 Å². The molecule has 86 valence electrons. The van der Waals surface area contributed by atoms with Gasteiger partial charge < -0.3 is 19.7 Å². The minimum Gasteiger partial charge on any atom is -0.508 e. The number of benzene rings is 2. The van der Waals surface area contributed by atoms with Crippen molar-refractivity contribution in [3.05, 3.63) is 35.4 Å². The highest BCUT2D eigenvalue weighted by molar-refractivity contribution is 6.32. The molecule has 0 radical (unpaired) electrons. The van der Waals surface area contributed by atoms with Crippen LogP contribution in [0.15, 0.2) is 30.3 Å². The van der Waals surface area contributed by atoms with Gasteiger partial charge >= 0.3 is 0 Å². The fraction of sp³-hybridized carbons (Fsp3) is 0. The first kappa shape index (κ1) is 10.1. The van der Waals surface area contributed by atoms with Gasteiger partial charge in [0.2, 0.25) is 0 Å². The maximum Gasteiger partial charge on any atom is 0.173 e. The third-order valence-corrected chi connectivity index (χ3v) is 2.68. The molecule has 4 nitrogen and oxygen atoms in total. The van der Waals surface area contributed by atoms with Gasteiger partial charge in [-0.1, -0.05) is 11.6 Å². The maximum atomic E-state index is 9.46. The van der Waals surface area contributed by atoms with E-state index in [1.54, 1.807) is 6.07 Å². The first-order valence-electron chi connectivity index (χ1n) is 4.85. The summed E-state index contributed by atoms with van der Waals surface area (Å²) in [5.74, 6) is 1.66. The summed E-state index contributed by atoms with van der Waals surface area (Å²) in [5.41, 5.74) is 0. The van der Waals surface area contributed by atoms with E-state index in [4.69, 9.17) is 21.1 Å². The summed E-state index contributed by atoms with van der Waals surface area (Å²) >= 11 is 5.77. The van der Waals surface area contributed by atoms with Crippen LogP contribution in [-0.4, -0.2) is 10.2 Å². The number of aromatic hydroxyl groups is 2. The second-order valence-electron chi connectivity index (χ2n) is 3.59. The van der Waals surface area contributed by atoms with Gasteiger partial charge in [0.15, 0.2) is 23.0 Å². The normalized spacial score (nSPS) is 12.1. The van der Waals surface area contributed by atoms with Crippen LogP contribution in [0.25, 0.3) is 0 Å². The highest BCUT2D eigenvalue weighted by Crippen LogP contribution is 2.48. The number of phenolic OH excluding ortho intramolecular Hbond substituents is 2. The van der Waals surface area contributed by atoms with Crippen LogP contribution in [0.3, 0.4) is 0 Å². The van der Waals surface area contributed by atoms with E-state index in [1.165, 1.54) is 24.3 Å². The molecular formula is C12H7ClO4. The Hall–Kier alpha value is -2.07. The zero-order chi connectivity index (χ0) is 12.0. The Kier molecular flexibility index (Phi) is 2.06. The third kappa shape index (κ3) is 1.62. The zero-order valence-corrected chi connectivity index (χ0v) is 9.23. The molecule has 0 saturated heterocycles. The van der Waals surface area contributed by atoms with Crippen molar-refractivity contribution in [2.45, 2.75) is 0 Å². The molecule has 2 aromatic carbocycles. The minimum atomic E-state index is -0.0729. The lowest BCUT2D eigenvalue weighted by Gasteiger charge is -2.20. The Bertz CT molecular complexity index is 610. The molecular weight excluding hydrogens is 244 g/mol. The van der Waals surface area contributed by atoms with Crippen molar-refractivity contribution in [1.82, 2.24) is 0 Å². The van der Waals surface area contributed by atoms with Crippen molar-refractivity contribution in [3.63, 3.8) is 0 Å². The molecule has 1 aliphatic rings. The van der Waals surface area contributed by atoms with Crippen LogP contribution in [0.1, 0.15) is 0 Å². The number of halogens is 1. The lowest BCUT2D eigenvalue weighted by molar-refractivity contribution is 0.352. The van der Waals surface area contributed by atoms with Crippen LogP contribution in [0.4, 0.5) is 0 Å². The summed E-state index contributed by atoms with van der Waals surface area (Å²) in [6.45, 7) is 0. The Morgan fingerprint density at radius 2 is 1.47 bits per heavy atom. The molecule has 17 heavy (non-hydrogen) atoms. The van der Waals surface area contributed by atoms with Crippen LogP contribution in [0.2, 0.25) is 5.02 Å². The van der Waals surface area contributed by atoms with E-state index in [1.807, 2.05) is 0 Å². The molecule has 0 saturated carbocycles. The van der Waals surface area contributed by atoms with Gasteiger partial charge in [0.1, 0.15) is 11.5 Å². The lowest BCUT2D eigenvalue weighted by atomic mass is 10.2. The van der Waals surface area contributed by atoms with Gasteiger partial charge in [-0.3, -0.25) is 0 Å². The monoisotopic (exact) mass is 250 g/mol. The Morgan fingerprint density at radius 1 is 0.824 bits per heavy atom. The fourth-order valence-electron chi connectivity index (χ4n) is 1.58. The molecule has 3 rings (SSSR count). The van der Waals surface area contributed by atoms with E-state index < -0.39 is 0 Å². The van der Waals surface area contributed by atoms with E-state index in [-0.39, 0.29) is 16.5 Å². The Labute approximate surface area is 102 Å². The molecule has 0 unspecified atom stereocenters. The molecule has 0 bridgehead atoms. The van der Waals surface area contributed by atoms with Crippen molar-refractivity contribution in [3.8, 4) is 34.5 Å². The molecule has 0 aromatic heterocycles. The first-order chi connectivity index (χ1) is 8.13. The van der Waals surface area contributed by atoms with Crippen LogP contribution < -0.4 is 9.47 Å². The van der Waals surface area contributed by atoms with Crippen molar-refractivity contribution in [2.24, 2.45) is 0 Å². The predicted molar refractivity (Wildman–Crippen MR) is 61.4 cm³/mol. The van der Waals surface area contributed by atoms with Crippen LogP contribution in [-0.2, 0) is 0 Å². The highest BCUT2D eigenvalue weighted by atomic mass is 35.5. The largest absolute Gasteiger partial charge is 0.508 e. The minimum absolute atomic E-state index is 0.0729. The molecule has 0 atom stereocenters. The topological polar surface area (TPSA) is 58.9 Å². The molecule has 0 fully saturated rings. The molecule has 5 heteroatoms. The maximum absolute atomic E-state index is 9.46. The van der Waals surface area contributed by atoms with Crippen LogP contribution in [0, 0.1) is 0 Å². The van der Waals surface area contributed by atoms with Crippen molar-refractivity contribution >= 4 is 11.6 Å². The smallest absolute Gasteiger partial charge is 0.173 e. The number of ether oxygens (including phenoxy) is 2. The van der Waals surface area contributed by atoms with Gasteiger partial charge in [0, 0.05) is 18.2 Å². The lowest BCUT2D eigenvalue weighted by Crippen LogP contribution is -1.98. The summed E-state index contributed by atoms with van der Waals surface area (Å²) in [7, 11) is 0. The Morgan fingerprint density at radius 3 is 2.29 bits per heavy atom. The second-order valence-corrected chi connectivity index (χ2v) is 3.99. The summed E-state index contributed by atoms with van der Waals surface area (Å²) in [5, 5.41) is 19.0. The molecule has 1 aliphatic heterocycles. The number of phenols is 2. The summed E-state index contributed by atoms with van der Waals surface area (Å²) in [6.07, 6.45) is 0. The predicted octanol–water partition coefficient (Wildman–Crippen LogP) is 3.65. The highest BCUT2D eigenvalue weighted by Gasteiger charge is 2.20. The van der Waals surface area contributed by atoms with E-state index >= 15 is 0 Å². The number of hydrogen-bond acceptors (Lipinski definition) is 4. The van der Waals surface area contributed by atoms with Gasteiger partial charge in [-0.25, -0.2) is 0 Å².